The Balaban J connectivity index is 2.49. The van der Waals surface area contributed by atoms with Crippen LogP contribution in [0.15, 0.2) is 0 Å². The van der Waals surface area contributed by atoms with Gasteiger partial charge in [-0.2, -0.15) is 0 Å². The first-order valence-electron chi connectivity index (χ1n) is 6.77. The fourth-order valence-electron chi connectivity index (χ4n) is 2.37. The molecule has 1 aliphatic rings. The number of likely N-dealkylation sites (N-methyl/N-ethyl adjacent to an activating group) is 1. The molecular weight excluding hydrogens is 216 g/mol. The molecule has 0 aromatic carbocycles. The highest BCUT2D eigenvalue weighted by atomic mass is 16.5. The Hall–Kier alpha value is -0.610. The molecule has 0 amide bonds. The van der Waals surface area contributed by atoms with Crippen molar-refractivity contribution in [2.75, 3.05) is 39.8 Å². The van der Waals surface area contributed by atoms with E-state index in [1.807, 2.05) is 0 Å². The first-order chi connectivity index (χ1) is 8.22. The minimum Gasteiger partial charge on any atom is -0.468 e. The summed E-state index contributed by atoms with van der Waals surface area (Å²) in [6.45, 7) is 9.54. The molecule has 1 heterocycles. The lowest BCUT2D eigenvalue weighted by Gasteiger charge is -2.37. The number of carbonyl (C=O) groups excluding carboxylic acids is 1. The number of esters is 1. The molecule has 4 nitrogen and oxygen atoms in total. The lowest BCUT2D eigenvalue weighted by atomic mass is 10.1. The van der Waals surface area contributed by atoms with E-state index in [2.05, 4.69) is 23.6 Å². The van der Waals surface area contributed by atoms with Crippen LogP contribution in [0, 0.1) is 0 Å². The van der Waals surface area contributed by atoms with Gasteiger partial charge in [0.1, 0.15) is 6.04 Å². The average Bonchev–Trinajstić information content (AvgIpc) is 2.39. The Kier molecular flexibility index (Phi) is 6.52. The van der Waals surface area contributed by atoms with Gasteiger partial charge in [0, 0.05) is 26.2 Å². The molecule has 0 N–H and O–H groups in total. The van der Waals surface area contributed by atoms with Crippen molar-refractivity contribution in [1.82, 2.24) is 9.80 Å². The summed E-state index contributed by atoms with van der Waals surface area (Å²) >= 11 is 0. The number of carbonyl (C=O) groups is 1. The molecule has 0 radical (unpaired) electrons. The first-order valence-corrected chi connectivity index (χ1v) is 6.77. The Morgan fingerprint density at radius 1 is 1.24 bits per heavy atom. The number of methoxy groups -OCH3 is 1. The van der Waals surface area contributed by atoms with Crippen LogP contribution in [0.1, 0.15) is 33.1 Å². The standard InChI is InChI=1S/C13H26N2O2/c1-4-6-7-12(13(16)17-3)15-10-8-14(5-2)9-11-15/h12H,4-11H2,1-3H3. The summed E-state index contributed by atoms with van der Waals surface area (Å²) in [5, 5.41) is 0. The monoisotopic (exact) mass is 242 g/mol. The van der Waals surface area contributed by atoms with Crippen LogP contribution in [0.3, 0.4) is 0 Å². The lowest BCUT2D eigenvalue weighted by Crippen LogP contribution is -2.52. The largest absolute Gasteiger partial charge is 0.468 e. The quantitative estimate of drug-likeness (QED) is 0.658. The molecule has 4 heteroatoms. The van der Waals surface area contributed by atoms with E-state index in [0.717, 1.165) is 52.0 Å². The summed E-state index contributed by atoms with van der Waals surface area (Å²) in [6.07, 6.45) is 3.14. The molecule has 1 rings (SSSR count). The number of unbranched alkanes of at least 4 members (excludes halogenated alkanes) is 1. The van der Waals surface area contributed by atoms with Crippen LogP contribution >= 0.6 is 0 Å². The van der Waals surface area contributed by atoms with E-state index in [4.69, 9.17) is 4.74 Å². The highest BCUT2D eigenvalue weighted by Crippen LogP contribution is 2.13. The number of hydrogen-bond donors (Lipinski definition) is 0. The molecule has 100 valence electrons. The second kappa shape index (κ2) is 7.67. The zero-order valence-corrected chi connectivity index (χ0v) is 11.4. The summed E-state index contributed by atoms with van der Waals surface area (Å²) in [6, 6.07) is -0.0287. The minimum absolute atomic E-state index is 0.0287. The number of nitrogens with zero attached hydrogens (tertiary/aromatic N) is 2. The van der Waals surface area contributed by atoms with Crippen molar-refractivity contribution in [2.24, 2.45) is 0 Å². The van der Waals surface area contributed by atoms with Crippen molar-refractivity contribution in [3.8, 4) is 0 Å². The van der Waals surface area contributed by atoms with Crippen molar-refractivity contribution >= 4 is 5.97 Å². The van der Waals surface area contributed by atoms with E-state index < -0.39 is 0 Å². The van der Waals surface area contributed by atoms with Crippen LogP contribution < -0.4 is 0 Å². The van der Waals surface area contributed by atoms with Gasteiger partial charge >= 0.3 is 5.97 Å². The Morgan fingerprint density at radius 2 is 1.88 bits per heavy atom. The zero-order chi connectivity index (χ0) is 12.7. The van der Waals surface area contributed by atoms with E-state index in [1.165, 1.54) is 7.11 Å². The maximum atomic E-state index is 11.8. The summed E-state index contributed by atoms with van der Waals surface area (Å²) < 4.78 is 4.92. The topological polar surface area (TPSA) is 32.8 Å². The molecular formula is C13H26N2O2. The van der Waals surface area contributed by atoms with Crippen LogP contribution in [-0.4, -0.2) is 61.6 Å². The molecule has 1 saturated heterocycles. The third kappa shape index (κ3) is 4.28. The van der Waals surface area contributed by atoms with Gasteiger partial charge in [-0.15, -0.1) is 0 Å². The van der Waals surface area contributed by atoms with Gasteiger partial charge in [-0.25, -0.2) is 0 Å². The van der Waals surface area contributed by atoms with Gasteiger partial charge < -0.3 is 9.64 Å². The molecule has 0 bridgehead atoms. The van der Waals surface area contributed by atoms with Gasteiger partial charge in [0.2, 0.25) is 0 Å². The summed E-state index contributed by atoms with van der Waals surface area (Å²) in [5.41, 5.74) is 0. The Bertz CT molecular complexity index is 225. The molecule has 0 spiro atoms. The van der Waals surface area contributed by atoms with E-state index in [1.54, 1.807) is 0 Å². The van der Waals surface area contributed by atoms with Crippen LogP contribution in [0.4, 0.5) is 0 Å². The Labute approximate surface area is 105 Å². The molecule has 1 atom stereocenters. The number of piperazine rings is 1. The second-order valence-corrected chi connectivity index (χ2v) is 4.65. The van der Waals surface area contributed by atoms with Gasteiger partial charge in [0.25, 0.3) is 0 Å². The Morgan fingerprint density at radius 3 is 2.35 bits per heavy atom. The zero-order valence-electron chi connectivity index (χ0n) is 11.4. The van der Waals surface area contributed by atoms with Crippen LogP contribution in [0.5, 0.6) is 0 Å². The lowest BCUT2D eigenvalue weighted by molar-refractivity contribution is -0.148. The van der Waals surface area contributed by atoms with Gasteiger partial charge in [-0.1, -0.05) is 26.7 Å². The summed E-state index contributed by atoms with van der Waals surface area (Å²) in [4.78, 5) is 16.5. The highest BCUT2D eigenvalue weighted by molar-refractivity contribution is 5.75. The molecule has 0 aromatic heterocycles. The van der Waals surface area contributed by atoms with Crippen molar-refractivity contribution in [2.45, 2.75) is 39.2 Å². The average molecular weight is 242 g/mol. The van der Waals surface area contributed by atoms with E-state index in [9.17, 15) is 4.79 Å². The normalized spacial score (nSPS) is 20.2. The van der Waals surface area contributed by atoms with Crippen molar-refractivity contribution in [3.05, 3.63) is 0 Å². The summed E-state index contributed by atoms with van der Waals surface area (Å²) in [7, 11) is 1.49. The van der Waals surface area contributed by atoms with E-state index >= 15 is 0 Å². The van der Waals surface area contributed by atoms with Crippen LogP contribution in [0.2, 0.25) is 0 Å². The van der Waals surface area contributed by atoms with Crippen LogP contribution in [-0.2, 0) is 9.53 Å². The van der Waals surface area contributed by atoms with Gasteiger partial charge in [-0.05, 0) is 13.0 Å². The summed E-state index contributed by atoms with van der Waals surface area (Å²) in [5.74, 6) is -0.0663. The molecule has 1 fully saturated rings. The second-order valence-electron chi connectivity index (χ2n) is 4.65. The maximum absolute atomic E-state index is 11.8. The highest BCUT2D eigenvalue weighted by Gasteiger charge is 2.28. The third-order valence-electron chi connectivity index (χ3n) is 3.60. The van der Waals surface area contributed by atoms with Crippen molar-refractivity contribution in [3.63, 3.8) is 0 Å². The van der Waals surface area contributed by atoms with Gasteiger partial charge in [0.05, 0.1) is 7.11 Å². The number of ether oxygens (including phenoxy) is 1. The molecule has 1 aliphatic heterocycles. The number of rotatable bonds is 6. The smallest absolute Gasteiger partial charge is 0.323 e. The van der Waals surface area contributed by atoms with Gasteiger partial charge in [-0.3, -0.25) is 9.69 Å². The predicted molar refractivity (Wildman–Crippen MR) is 69.0 cm³/mol. The van der Waals surface area contributed by atoms with Crippen LogP contribution in [0.25, 0.3) is 0 Å². The minimum atomic E-state index is -0.0663. The fraction of sp³-hybridized carbons (Fsp3) is 0.923. The molecule has 0 aromatic rings. The maximum Gasteiger partial charge on any atom is 0.323 e. The molecule has 1 unspecified atom stereocenters. The predicted octanol–water partition coefficient (Wildman–Crippen LogP) is 1.36. The van der Waals surface area contributed by atoms with Gasteiger partial charge in [0.15, 0.2) is 0 Å². The third-order valence-corrected chi connectivity index (χ3v) is 3.60. The van der Waals surface area contributed by atoms with Crippen molar-refractivity contribution < 1.29 is 9.53 Å². The molecule has 0 saturated carbocycles. The fourth-order valence-corrected chi connectivity index (χ4v) is 2.37. The van der Waals surface area contributed by atoms with E-state index in [-0.39, 0.29) is 12.0 Å². The molecule has 17 heavy (non-hydrogen) atoms. The molecule has 0 aliphatic carbocycles. The first kappa shape index (κ1) is 14.5. The van der Waals surface area contributed by atoms with E-state index in [0.29, 0.717) is 0 Å². The SMILES string of the molecule is CCCCC(C(=O)OC)N1CCN(CC)CC1. The number of hydrogen-bond acceptors (Lipinski definition) is 4. The van der Waals surface area contributed by atoms with Crippen molar-refractivity contribution in [1.29, 1.82) is 0 Å².